The maximum atomic E-state index is 12.6. The monoisotopic (exact) mass is 468 g/mol. The third-order valence-electron chi connectivity index (χ3n) is 4.99. The molecule has 8 heteroatoms. The van der Waals surface area contributed by atoms with E-state index >= 15 is 0 Å². The summed E-state index contributed by atoms with van der Waals surface area (Å²) < 4.78 is 5.40. The fourth-order valence-corrected chi connectivity index (χ4v) is 4.37. The molecule has 0 spiro atoms. The Bertz CT molecular complexity index is 752. The first kappa shape index (κ1) is 27.9. The van der Waals surface area contributed by atoms with Gasteiger partial charge in [0.1, 0.15) is 15.5 Å². The van der Waals surface area contributed by atoms with Crippen LogP contribution in [0.5, 0.6) is 0 Å². The third-order valence-corrected chi connectivity index (χ3v) is 6.18. The van der Waals surface area contributed by atoms with E-state index in [9.17, 15) is 19.5 Å². The zero-order valence-corrected chi connectivity index (χ0v) is 21.1. The summed E-state index contributed by atoms with van der Waals surface area (Å²) in [5.41, 5.74) is -0.345. The zero-order valence-electron chi connectivity index (χ0n) is 20.3. The van der Waals surface area contributed by atoms with Gasteiger partial charge in [0.15, 0.2) is 0 Å². The van der Waals surface area contributed by atoms with Crippen molar-refractivity contribution in [3.05, 3.63) is 16.0 Å². The maximum absolute atomic E-state index is 12.6. The van der Waals surface area contributed by atoms with Gasteiger partial charge in [-0.25, -0.2) is 14.4 Å². The van der Waals surface area contributed by atoms with Gasteiger partial charge in [-0.3, -0.25) is 5.32 Å². The molecule has 0 aliphatic carbocycles. The van der Waals surface area contributed by atoms with Crippen LogP contribution in [0.15, 0.2) is 0 Å². The van der Waals surface area contributed by atoms with Gasteiger partial charge in [-0.1, -0.05) is 64.7 Å². The van der Waals surface area contributed by atoms with E-state index in [1.54, 1.807) is 27.7 Å². The molecule has 0 aliphatic heterocycles. The lowest BCUT2D eigenvalue weighted by atomic mass is 10.1. The fourth-order valence-electron chi connectivity index (χ4n) is 3.34. The third kappa shape index (κ3) is 10.5. The van der Waals surface area contributed by atoms with Crippen molar-refractivity contribution in [3.63, 3.8) is 0 Å². The molecule has 0 saturated heterocycles. The Morgan fingerprint density at radius 1 is 0.938 bits per heavy atom. The van der Waals surface area contributed by atoms with E-state index in [0.717, 1.165) is 30.6 Å². The number of ether oxygens (including phenoxy) is 1. The predicted octanol–water partition coefficient (Wildman–Crippen LogP) is 6.75. The molecule has 1 aromatic rings. The number of carboxylic acid groups (broad SMARTS) is 1. The number of carbonyl (C=O) groups is 3. The molecule has 0 aromatic carbocycles. The molecule has 1 aromatic heterocycles. The highest BCUT2D eigenvalue weighted by molar-refractivity contribution is 7.18. The highest BCUT2D eigenvalue weighted by atomic mass is 32.1. The Balaban J connectivity index is 2.47. The van der Waals surface area contributed by atoms with Crippen LogP contribution in [0.25, 0.3) is 0 Å². The molecule has 0 aliphatic rings. The Morgan fingerprint density at radius 3 is 1.97 bits per heavy atom. The van der Waals surface area contributed by atoms with Gasteiger partial charge in [0.05, 0.1) is 5.56 Å². The summed E-state index contributed by atoms with van der Waals surface area (Å²) in [4.78, 5) is 36.4. The second kappa shape index (κ2) is 14.1. The van der Waals surface area contributed by atoms with Crippen molar-refractivity contribution in [1.29, 1.82) is 0 Å². The maximum Gasteiger partial charge on any atom is 0.346 e. The molecule has 7 nitrogen and oxygen atoms in total. The lowest BCUT2D eigenvalue weighted by Gasteiger charge is -2.20. The summed E-state index contributed by atoms with van der Waals surface area (Å²) >= 11 is 0.864. The van der Waals surface area contributed by atoms with Crippen LogP contribution < -0.4 is 10.6 Å². The molecule has 3 N–H and O–H groups in total. The molecule has 2 amide bonds. The number of thiophene rings is 1. The van der Waals surface area contributed by atoms with E-state index in [1.165, 1.54) is 44.9 Å². The molecule has 0 unspecified atom stereocenters. The number of urea groups is 1. The van der Waals surface area contributed by atoms with Crippen molar-refractivity contribution in [1.82, 2.24) is 5.32 Å². The molecule has 0 atom stereocenters. The minimum Gasteiger partial charge on any atom is -0.477 e. The fraction of sp³-hybridized carbons (Fsp3) is 0.708. The summed E-state index contributed by atoms with van der Waals surface area (Å²) in [6, 6.07) is -0.455. The molecular weight excluding hydrogens is 428 g/mol. The molecule has 32 heavy (non-hydrogen) atoms. The quantitative estimate of drug-likeness (QED) is 0.207. The van der Waals surface area contributed by atoms with Crippen LogP contribution in [0, 0.1) is 6.92 Å². The molecule has 1 rings (SSSR count). The number of amides is 2. The van der Waals surface area contributed by atoms with Crippen molar-refractivity contribution >= 4 is 34.3 Å². The molecule has 0 radical (unpaired) electrons. The Hall–Kier alpha value is -2.09. The highest BCUT2D eigenvalue weighted by Gasteiger charge is 2.29. The molecule has 0 fully saturated rings. The number of aromatic carboxylic acids is 1. The van der Waals surface area contributed by atoms with E-state index in [4.69, 9.17) is 4.74 Å². The molecule has 1 heterocycles. The predicted molar refractivity (Wildman–Crippen MR) is 130 cm³/mol. The summed E-state index contributed by atoms with van der Waals surface area (Å²) in [6.07, 6.45) is 12.2. The van der Waals surface area contributed by atoms with Gasteiger partial charge in [0.2, 0.25) is 0 Å². The lowest BCUT2D eigenvalue weighted by molar-refractivity contribution is 0.00705. The second-order valence-corrected chi connectivity index (χ2v) is 10.2. The Kier molecular flexibility index (Phi) is 12.3. The number of hydrogen-bond donors (Lipinski definition) is 3. The first-order valence-electron chi connectivity index (χ1n) is 11.7. The van der Waals surface area contributed by atoms with Gasteiger partial charge in [0, 0.05) is 6.54 Å². The van der Waals surface area contributed by atoms with Crippen molar-refractivity contribution < 1.29 is 24.2 Å². The average molecular weight is 469 g/mol. The summed E-state index contributed by atoms with van der Waals surface area (Å²) in [7, 11) is 0. The number of hydrogen-bond acceptors (Lipinski definition) is 5. The largest absolute Gasteiger partial charge is 0.477 e. The van der Waals surface area contributed by atoms with Crippen LogP contribution in [0.2, 0.25) is 0 Å². The summed E-state index contributed by atoms with van der Waals surface area (Å²) in [6.45, 7) is 9.50. The number of nitrogens with one attached hydrogen (secondary N) is 2. The SMILES string of the molecule is CCCCCCCCCCCCNC(=O)Nc1sc(C(=O)O)c(C)c1C(=O)OC(C)(C)C. The van der Waals surface area contributed by atoms with E-state index in [0.29, 0.717) is 12.1 Å². The van der Waals surface area contributed by atoms with Gasteiger partial charge in [-0.05, 0) is 39.7 Å². The minimum absolute atomic E-state index is 0.0100. The van der Waals surface area contributed by atoms with Crippen LogP contribution in [-0.4, -0.2) is 35.2 Å². The molecule has 0 saturated carbocycles. The molecule has 0 bridgehead atoms. The first-order valence-corrected chi connectivity index (χ1v) is 12.5. The smallest absolute Gasteiger partial charge is 0.346 e. The number of carboxylic acids is 1. The number of anilines is 1. The van der Waals surface area contributed by atoms with E-state index < -0.39 is 23.6 Å². The first-order chi connectivity index (χ1) is 15.1. The topological polar surface area (TPSA) is 105 Å². The van der Waals surface area contributed by atoms with Crippen LogP contribution in [-0.2, 0) is 4.74 Å². The lowest BCUT2D eigenvalue weighted by Crippen LogP contribution is -2.30. The van der Waals surface area contributed by atoms with Crippen molar-refractivity contribution in [2.45, 2.75) is 104 Å². The second-order valence-electron chi connectivity index (χ2n) is 9.13. The van der Waals surface area contributed by atoms with E-state index in [2.05, 4.69) is 17.6 Å². The van der Waals surface area contributed by atoms with Crippen molar-refractivity contribution in [2.75, 3.05) is 11.9 Å². The minimum atomic E-state index is -1.14. The molecular formula is C24H40N2O5S. The van der Waals surface area contributed by atoms with E-state index in [1.807, 2.05) is 0 Å². The normalized spacial score (nSPS) is 11.3. The van der Waals surface area contributed by atoms with Crippen LogP contribution >= 0.6 is 11.3 Å². The van der Waals surface area contributed by atoms with Gasteiger partial charge in [-0.2, -0.15) is 0 Å². The Morgan fingerprint density at radius 2 is 1.47 bits per heavy atom. The van der Waals surface area contributed by atoms with Gasteiger partial charge >= 0.3 is 18.0 Å². The van der Waals surface area contributed by atoms with Crippen LogP contribution in [0.4, 0.5) is 9.80 Å². The van der Waals surface area contributed by atoms with E-state index in [-0.39, 0.29) is 15.4 Å². The number of rotatable bonds is 14. The van der Waals surface area contributed by atoms with Crippen molar-refractivity contribution in [2.24, 2.45) is 0 Å². The van der Waals surface area contributed by atoms with Gasteiger partial charge in [-0.15, -0.1) is 11.3 Å². The standard InChI is InChI=1S/C24H40N2O5S/c1-6-7-8-9-10-11-12-13-14-15-16-25-23(30)26-20-18(22(29)31-24(3,4)5)17(2)19(32-20)21(27)28/h6-16H2,1-5H3,(H,27,28)(H2,25,26,30). The van der Waals surface area contributed by atoms with Gasteiger partial charge in [0.25, 0.3) is 0 Å². The van der Waals surface area contributed by atoms with Crippen LogP contribution in [0.1, 0.15) is 117 Å². The van der Waals surface area contributed by atoms with Gasteiger partial charge < -0.3 is 15.2 Å². The number of carbonyl (C=O) groups excluding carboxylic acids is 2. The molecule has 182 valence electrons. The van der Waals surface area contributed by atoms with Crippen molar-refractivity contribution in [3.8, 4) is 0 Å². The average Bonchev–Trinajstić information content (AvgIpc) is 3.01. The Labute approximate surface area is 196 Å². The number of esters is 1. The summed E-state index contributed by atoms with van der Waals surface area (Å²) in [5, 5.41) is 15.0. The highest BCUT2D eigenvalue weighted by Crippen LogP contribution is 2.34. The zero-order chi connectivity index (χ0) is 24.1. The number of unbranched alkanes of at least 4 members (excludes halogenated alkanes) is 9. The summed E-state index contributed by atoms with van der Waals surface area (Å²) in [5.74, 6) is -1.79. The van der Waals surface area contributed by atoms with Crippen LogP contribution in [0.3, 0.4) is 0 Å².